The largest absolute Gasteiger partial charge is 0.378 e. The molecule has 0 aliphatic carbocycles. The van der Waals surface area contributed by atoms with Crippen LogP contribution in [0.15, 0.2) is 9.72 Å². The summed E-state index contributed by atoms with van der Waals surface area (Å²) in [6, 6.07) is 0. The van der Waals surface area contributed by atoms with E-state index in [-0.39, 0.29) is 5.91 Å². The van der Waals surface area contributed by atoms with E-state index < -0.39 is 0 Å². The first-order valence-electron chi connectivity index (χ1n) is 4.68. The molecule has 1 aromatic rings. The molecule has 0 bridgehead atoms. The number of carbonyl (C=O) groups is 1. The Balaban J connectivity index is 2.05. The maximum Gasteiger partial charge on any atom is 0.273 e. The van der Waals surface area contributed by atoms with E-state index in [4.69, 9.17) is 4.74 Å². The number of rotatable bonds is 2. The topological polar surface area (TPSA) is 42.4 Å². The average Bonchev–Trinajstić information content (AvgIpc) is 2.78. The molecule has 0 N–H and O–H groups in total. The van der Waals surface area contributed by atoms with E-state index in [2.05, 4.69) is 4.98 Å². The van der Waals surface area contributed by atoms with Gasteiger partial charge in [0.15, 0.2) is 0 Å². The van der Waals surface area contributed by atoms with Crippen LogP contribution < -0.4 is 0 Å². The van der Waals surface area contributed by atoms with Crippen molar-refractivity contribution in [3.8, 4) is 0 Å². The smallest absolute Gasteiger partial charge is 0.273 e. The first-order valence-corrected chi connectivity index (χ1v) is 6.78. The lowest BCUT2D eigenvalue weighted by Crippen LogP contribution is -2.40. The molecule has 0 saturated carbocycles. The van der Waals surface area contributed by atoms with Crippen molar-refractivity contribution in [3.05, 3.63) is 11.1 Å². The number of amides is 1. The molecule has 1 saturated heterocycles. The van der Waals surface area contributed by atoms with Gasteiger partial charge in [-0.05, 0) is 6.26 Å². The Morgan fingerprint density at radius 3 is 2.93 bits per heavy atom. The molecule has 0 aromatic carbocycles. The molecule has 6 heteroatoms. The lowest BCUT2D eigenvalue weighted by molar-refractivity contribution is 0.0299. The van der Waals surface area contributed by atoms with Gasteiger partial charge in [0.2, 0.25) is 0 Å². The molecular weight excluding hydrogens is 232 g/mol. The molecule has 1 aromatic heterocycles. The van der Waals surface area contributed by atoms with Crippen molar-refractivity contribution < 1.29 is 9.53 Å². The molecule has 4 nitrogen and oxygen atoms in total. The van der Waals surface area contributed by atoms with Crippen LogP contribution >= 0.6 is 23.1 Å². The van der Waals surface area contributed by atoms with Gasteiger partial charge in [0.05, 0.1) is 13.2 Å². The maximum atomic E-state index is 11.9. The normalized spacial score (nSPS) is 16.7. The van der Waals surface area contributed by atoms with Gasteiger partial charge in [0.1, 0.15) is 10.0 Å². The molecule has 2 rings (SSSR count). The number of aromatic nitrogens is 1. The summed E-state index contributed by atoms with van der Waals surface area (Å²) in [7, 11) is 0. The number of carbonyl (C=O) groups excluding carboxylic acids is 1. The average molecular weight is 244 g/mol. The monoisotopic (exact) mass is 244 g/mol. The van der Waals surface area contributed by atoms with Gasteiger partial charge in [-0.2, -0.15) is 0 Å². The first-order chi connectivity index (χ1) is 7.31. The summed E-state index contributed by atoms with van der Waals surface area (Å²) in [6.45, 7) is 2.60. The molecule has 15 heavy (non-hydrogen) atoms. The van der Waals surface area contributed by atoms with E-state index in [1.54, 1.807) is 16.7 Å². The van der Waals surface area contributed by atoms with E-state index >= 15 is 0 Å². The van der Waals surface area contributed by atoms with Crippen molar-refractivity contribution in [1.29, 1.82) is 0 Å². The van der Waals surface area contributed by atoms with Crippen molar-refractivity contribution in [3.63, 3.8) is 0 Å². The lowest BCUT2D eigenvalue weighted by Gasteiger charge is -2.25. The Labute approximate surface area is 96.6 Å². The van der Waals surface area contributed by atoms with Crippen LogP contribution in [0.1, 0.15) is 10.5 Å². The number of hydrogen-bond acceptors (Lipinski definition) is 5. The van der Waals surface area contributed by atoms with Crippen molar-refractivity contribution in [2.75, 3.05) is 32.6 Å². The highest BCUT2D eigenvalue weighted by Crippen LogP contribution is 2.20. The highest BCUT2D eigenvalue weighted by Gasteiger charge is 2.20. The predicted molar refractivity (Wildman–Crippen MR) is 60.6 cm³/mol. The molecule has 1 amide bonds. The Bertz CT molecular complexity index is 348. The molecule has 0 atom stereocenters. The fourth-order valence-electron chi connectivity index (χ4n) is 1.38. The zero-order chi connectivity index (χ0) is 10.7. The van der Waals surface area contributed by atoms with E-state index in [0.717, 1.165) is 4.34 Å². The van der Waals surface area contributed by atoms with Crippen molar-refractivity contribution >= 4 is 29.0 Å². The molecular formula is C9H12N2O2S2. The Morgan fingerprint density at radius 1 is 1.60 bits per heavy atom. The summed E-state index contributed by atoms with van der Waals surface area (Å²) >= 11 is 3.08. The summed E-state index contributed by atoms with van der Waals surface area (Å²) in [5, 5.41) is 1.82. The van der Waals surface area contributed by atoms with Gasteiger partial charge in [0, 0.05) is 18.5 Å². The molecule has 0 unspecified atom stereocenters. The third-order valence-electron chi connectivity index (χ3n) is 2.18. The lowest BCUT2D eigenvalue weighted by atomic mass is 10.3. The van der Waals surface area contributed by atoms with Crippen LogP contribution in [0.4, 0.5) is 0 Å². The highest BCUT2D eigenvalue weighted by atomic mass is 32.2. The molecule has 82 valence electrons. The number of hydrogen-bond donors (Lipinski definition) is 0. The molecule has 1 fully saturated rings. The quantitative estimate of drug-likeness (QED) is 0.736. The Hall–Kier alpha value is -0.590. The Kier molecular flexibility index (Phi) is 3.61. The van der Waals surface area contributed by atoms with Crippen LogP contribution in [0.3, 0.4) is 0 Å². The van der Waals surface area contributed by atoms with Gasteiger partial charge < -0.3 is 9.64 Å². The van der Waals surface area contributed by atoms with Crippen molar-refractivity contribution in [1.82, 2.24) is 9.88 Å². The fraction of sp³-hybridized carbons (Fsp3) is 0.556. The van der Waals surface area contributed by atoms with Gasteiger partial charge in [-0.1, -0.05) is 11.8 Å². The standard InChI is InChI=1S/C9H12N2O2S2/c1-14-9-10-7(6-15-9)8(12)11-2-4-13-5-3-11/h6H,2-5H2,1H3. The van der Waals surface area contributed by atoms with Crippen LogP contribution in [0.5, 0.6) is 0 Å². The van der Waals surface area contributed by atoms with E-state index in [0.29, 0.717) is 32.0 Å². The molecule has 1 aliphatic rings. The molecule has 0 radical (unpaired) electrons. The highest BCUT2D eigenvalue weighted by molar-refractivity contribution is 8.00. The fourth-order valence-corrected chi connectivity index (χ4v) is 2.61. The number of thiazole rings is 1. The summed E-state index contributed by atoms with van der Waals surface area (Å²) in [5.74, 6) is 0.0230. The number of morpholine rings is 1. The third kappa shape index (κ3) is 2.50. The van der Waals surface area contributed by atoms with Crippen LogP contribution in [0.2, 0.25) is 0 Å². The van der Waals surface area contributed by atoms with Gasteiger partial charge in [-0.15, -0.1) is 11.3 Å². The minimum atomic E-state index is 0.0230. The molecule has 1 aliphatic heterocycles. The summed E-state index contributed by atoms with van der Waals surface area (Å²) < 4.78 is 6.13. The van der Waals surface area contributed by atoms with Crippen LogP contribution in [0, 0.1) is 0 Å². The van der Waals surface area contributed by atoms with Crippen molar-refractivity contribution in [2.24, 2.45) is 0 Å². The number of thioether (sulfide) groups is 1. The van der Waals surface area contributed by atoms with E-state index in [1.807, 2.05) is 11.6 Å². The Morgan fingerprint density at radius 2 is 2.33 bits per heavy atom. The summed E-state index contributed by atoms with van der Waals surface area (Å²) in [5.41, 5.74) is 0.561. The van der Waals surface area contributed by atoms with Crippen LogP contribution in [-0.4, -0.2) is 48.4 Å². The second-order valence-corrected chi connectivity index (χ2v) is 5.02. The summed E-state index contributed by atoms with van der Waals surface area (Å²) in [6.07, 6.45) is 1.96. The van der Waals surface area contributed by atoms with E-state index in [1.165, 1.54) is 11.3 Å². The summed E-state index contributed by atoms with van der Waals surface area (Å²) in [4.78, 5) is 18.0. The number of ether oxygens (including phenoxy) is 1. The van der Waals surface area contributed by atoms with Gasteiger partial charge in [-0.25, -0.2) is 4.98 Å². The zero-order valence-corrected chi connectivity index (χ0v) is 10.1. The van der Waals surface area contributed by atoms with Crippen LogP contribution in [-0.2, 0) is 4.74 Å². The van der Waals surface area contributed by atoms with Crippen molar-refractivity contribution in [2.45, 2.75) is 4.34 Å². The first kappa shape index (κ1) is 10.9. The molecule has 2 heterocycles. The van der Waals surface area contributed by atoms with Gasteiger partial charge in [0.25, 0.3) is 5.91 Å². The number of nitrogens with zero attached hydrogens (tertiary/aromatic N) is 2. The SMILES string of the molecule is CSc1nc(C(=O)N2CCOCC2)cs1. The van der Waals surface area contributed by atoms with E-state index in [9.17, 15) is 4.79 Å². The van der Waals surface area contributed by atoms with Gasteiger partial charge in [-0.3, -0.25) is 4.79 Å². The third-order valence-corrected chi connectivity index (χ3v) is 4.04. The zero-order valence-electron chi connectivity index (χ0n) is 8.43. The predicted octanol–water partition coefficient (Wildman–Crippen LogP) is 1.34. The molecule has 0 spiro atoms. The second kappa shape index (κ2) is 4.96. The van der Waals surface area contributed by atoms with Crippen LogP contribution in [0.25, 0.3) is 0 Å². The minimum Gasteiger partial charge on any atom is -0.378 e. The minimum absolute atomic E-state index is 0.0230. The van der Waals surface area contributed by atoms with Gasteiger partial charge >= 0.3 is 0 Å². The second-order valence-electron chi connectivity index (χ2n) is 3.11. The maximum absolute atomic E-state index is 11.9.